The van der Waals surface area contributed by atoms with Crippen molar-refractivity contribution in [2.75, 3.05) is 6.61 Å². The highest BCUT2D eigenvalue weighted by atomic mass is 16.5. The molecule has 0 aromatic carbocycles. The normalized spacial score (nSPS) is 54.5. The van der Waals surface area contributed by atoms with Crippen molar-refractivity contribution in [1.82, 2.24) is 0 Å². The van der Waals surface area contributed by atoms with Gasteiger partial charge in [0.2, 0.25) is 0 Å². The van der Waals surface area contributed by atoms with Gasteiger partial charge in [-0.25, -0.2) is 0 Å². The van der Waals surface area contributed by atoms with Crippen LogP contribution in [0.3, 0.4) is 0 Å². The Kier molecular flexibility index (Phi) is 3.90. The lowest BCUT2D eigenvalue weighted by Gasteiger charge is -2.64. The van der Waals surface area contributed by atoms with E-state index in [1.807, 2.05) is 0 Å². The molecule has 7 atom stereocenters. The highest BCUT2D eigenvalue weighted by molar-refractivity contribution is 5.65. The minimum Gasteiger partial charge on any atom is -0.465 e. The summed E-state index contributed by atoms with van der Waals surface area (Å²) in [6.07, 6.45) is 11.0. The fourth-order valence-electron chi connectivity index (χ4n) is 8.37. The Balaban J connectivity index is 1.64. The highest BCUT2D eigenvalue weighted by Crippen LogP contribution is 2.72. The van der Waals surface area contributed by atoms with Crippen LogP contribution in [0.15, 0.2) is 0 Å². The smallest absolute Gasteiger partial charge is 0.302 e. The third-order valence-electron chi connectivity index (χ3n) is 9.22. The summed E-state index contributed by atoms with van der Waals surface area (Å²) in [4.78, 5) is 11.4. The maximum absolute atomic E-state index is 11.4. The molecule has 4 saturated carbocycles. The molecule has 3 heteroatoms. The van der Waals surface area contributed by atoms with E-state index in [4.69, 9.17) is 4.74 Å². The summed E-state index contributed by atoms with van der Waals surface area (Å²) in [5.74, 6) is 1.75. The van der Waals surface area contributed by atoms with Gasteiger partial charge in [-0.15, -0.1) is 0 Å². The lowest BCUT2D eigenvalue weighted by atomic mass is 9.41. The van der Waals surface area contributed by atoms with Crippen LogP contribution in [0.4, 0.5) is 0 Å². The standard InChI is InChI=1S/C22H36O3/c1-15(23)25-14-19(2)9-5-10-20(3)17(19)8-11-22-12-16(6-7-18(20)22)21(4,24)13-22/h16-18,24H,5-14H2,1-4H3. The molecule has 2 bridgehead atoms. The maximum atomic E-state index is 11.4. The number of hydrogen-bond donors (Lipinski definition) is 1. The first-order valence-electron chi connectivity index (χ1n) is 10.5. The van der Waals surface area contributed by atoms with E-state index in [0.717, 1.165) is 12.3 Å². The fraction of sp³-hybridized carbons (Fsp3) is 0.955. The van der Waals surface area contributed by atoms with E-state index in [0.29, 0.717) is 29.3 Å². The molecule has 1 N–H and O–H groups in total. The van der Waals surface area contributed by atoms with Crippen molar-refractivity contribution >= 4 is 5.97 Å². The molecule has 4 fully saturated rings. The van der Waals surface area contributed by atoms with Crippen molar-refractivity contribution < 1.29 is 14.6 Å². The van der Waals surface area contributed by atoms with Gasteiger partial charge in [-0.1, -0.05) is 20.3 Å². The van der Waals surface area contributed by atoms with Gasteiger partial charge in [0.15, 0.2) is 0 Å². The number of carbonyl (C=O) groups is 1. The van der Waals surface area contributed by atoms with Crippen LogP contribution >= 0.6 is 0 Å². The van der Waals surface area contributed by atoms with Gasteiger partial charge < -0.3 is 9.84 Å². The summed E-state index contributed by atoms with van der Waals surface area (Å²) in [5.41, 5.74) is 0.389. The minimum atomic E-state index is -0.451. The molecular formula is C22H36O3. The Morgan fingerprint density at radius 2 is 1.84 bits per heavy atom. The van der Waals surface area contributed by atoms with Crippen LogP contribution < -0.4 is 0 Å². The van der Waals surface area contributed by atoms with E-state index in [-0.39, 0.29) is 11.4 Å². The largest absolute Gasteiger partial charge is 0.465 e. The van der Waals surface area contributed by atoms with Crippen molar-refractivity contribution in [1.29, 1.82) is 0 Å². The van der Waals surface area contributed by atoms with Crippen molar-refractivity contribution in [2.45, 2.75) is 91.1 Å². The molecule has 0 aromatic rings. The molecule has 3 nitrogen and oxygen atoms in total. The van der Waals surface area contributed by atoms with Crippen molar-refractivity contribution in [2.24, 2.45) is 34.0 Å². The van der Waals surface area contributed by atoms with E-state index < -0.39 is 5.60 Å². The number of aliphatic hydroxyl groups is 1. The van der Waals surface area contributed by atoms with Gasteiger partial charge in [0, 0.05) is 12.3 Å². The molecule has 7 unspecified atom stereocenters. The number of carbonyl (C=O) groups excluding carboxylic acids is 1. The molecule has 142 valence electrons. The minimum absolute atomic E-state index is 0.123. The average Bonchev–Trinajstić information content (AvgIpc) is 2.70. The number of ether oxygens (including phenoxy) is 1. The van der Waals surface area contributed by atoms with Gasteiger partial charge >= 0.3 is 5.97 Å². The van der Waals surface area contributed by atoms with E-state index in [1.54, 1.807) is 0 Å². The van der Waals surface area contributed by atoms with Gasteiger partial charge in [0.25, 0.3) is 0 Å². The summed E-state index contributed by atoms with van der Waals surface area (Å²) in [6.45, 7) is 9.12. The summed E-state index contributed by atoms with van der Waals surface area (Å²) in [5, 5.41) is 11.0. The molecule has 0 amide bonds. The van der Waals surface area contributed by atoms with E-state index in [2.05, 4.69) is 20.8 Å². The summed E-state index contributed by atoms with van der Waals surface area (Å²) >= 11 is 0. The molecule has 4 rings (SSSR count). The molecule has 0 aliphatic heterocycles. The molecule has 0 radical (unpaired) electrons. The molecule has 1 spiro atoms. The molecule has 0 saturated heterocycles. The number of esters is 1. The SMILES string of the molecule is CC(=O)OCC1(C)CCCC2(C)C1CCC13CC(CCC12)C(C)(O)C3. The van der Waals surface area contributed by atoms with Gasteiger partial charge in [-0.3, -0.25) is 4.79 Å². The van der Waals surface area contributed by atoms with Crippen LogP contribution in [0.2, 0.25) is 0 Å². The van der Waals surface area contributed by atoms with Crippen LogP contribution in [-0.2, 0) is 9.53 Å². The van der Waals surface area contributed by atoms with Crippen LogP contribution in [0.5, 0.6) is 0 Å². The summed E-state index contributed by atoms with van der Waals surface area (Å²) in [7, 11) is 0. The predicted molar refractivity (Wildman–Crippen MR) is 97.9 cm³/mol. The lowest BCUT2D eigenvalue weighted by Crippen LogP contribution is -2.57. The Morgan fingerprint density at radius 3 is 2.56 bits per heavy atom. The van der Waals surface area contributed by atoms with Crippen LogP contribution in [-0.4, -0.2) is 23.3 Å². The van der Waals surface area contributed by atoms with Crippen molar-refractivity contribution in [3.8, 4) is 0 Å². The number of hydrogen-bond acceptors (Lipinski definition) is 3. The van der Waals surface area contributed by atoms with Crippen LogP contribution in [0, 0.1) is 34.0 Å². The zero-order valence-corrected chi connectivity index (χ0v) is 16.6. The number of rotatable bonds is 2. The Morgan fingerprint density at radius 1 is 1.08 bits per heavy atom. The molecule has 25 heavy (non-hydrogen) atoms. The summed E-state index contributed by atoms with van der Waals surface area (Å²) < 4.78 is 5.53. The average molecular weight is 349 g/mol. The highest BCUT2D eigenvalue weighted by Gasteiger charge is 2.66. The van der Waals surface area contributed by atoms with Crippen LogP contribution in [0.1, 0.15) is 85.5 Å². The Bertz CT molecular complexity index is 570. The second-order valence-corrected chi connectivity index (χ2v) is 10.8. The Labute approximate surface area is 152 Å². The zero-order chi connectivity index (χ0) is 18.1. The van der Waals surface area contributed by atoms with Gasteiger partial charge in [-0.05, 0) is 86.9 Å². The molecule has 0 heterocycles. The first-order chi connectivity index (χ1) is 11.6. The third kappa shape index (κ3) is 2.51. The molecular weight excluding hydrogens is 312 g/mol. The van der Waals surface area contributed by atoms with Crippen molar-refractivity contribution in [3.05, 3.63) is 0 Å². The zero-order valence-electron chi connectivity index (χ0n) is 16.6. The maximum Gasteiger partial charge on any atom is 0.302 e. The fourth-order valence-corrected chi connectivity index (χ4v) is 8.37. The van der Waals surface area contributed by atoms with Gasteiger partial charge in [-0.2, -0.15) is 0 Å². The first-order valence-corrected chi connectivity index (χ1v) is 10.5. The van der Waals surface area contributed by atoms with Crippen LogP contribution in [0.25, 0.3) is 0 Å². The molecule has 4 aliphatic rings. The quantitative estimate of drug-likeness (QED) is 0.735. The summed E-state index contributed by atoms with van der Waals surface area (Å²) in [6, 6.07) is 0. The topological polar surface area (TPSA) is 46.5 Å². The van der Waals surface area contributed by atoms with Crippen molar-refractivity contribution in [3.63, 3.8) is 0 Å². The van der Waals surface area contributed by atoms with E-state index in [9.17, 15) is 9.90 Å². The monoisotopic (exact) mass is 348 g/mol. The molecule has 0 aromatic heterocycles. The molecule has 4 aliphatic carbocycles. The lowest BCUT2D eigenvalue weighted by molar-refractivity contribution is -0.173. The Hall–Kier alpha value is -0.570. The van der Waals surface area contributed by atoms with E-state index >= 15 is 0 Å². The van der Waals surface area contributed by atoms with E-state index in [1.165, 1.54) is 58.3 Å². The van der Waals surface area contributed by atoms with Gasteiger partial charge in [0.05, 0.1) is 12.2 Å². The first kappa shape index (κ1) is 17.8. The third-order valence-corrected chi connectivity index (χ3v) is 9.22. The predicted octanol–water partition coefficient (Wildman–Crippen LogP) is 4.71. The number of fused-ring (bicyclic) bond motifs is 3. The second kappa shape index (κ2) is 5.47. The van der Waals surface area contributed by atoms with Gasteiger partial charge in [0.1, 0.15) is 0 Å². The second-order valence-electron chi connectivity index (χ2n) is 10.8.